The molecule has 1 aromatic rings. The van der Waals surface area contributed by atoms with Crippen molar-refractivity contribution in [1.29, 1.82) is 0 Å². The van der Waals surface area contributed by atoms with E-state index in [0.717, 1.165) is 38.5 Å². The van der Waals surface area contributed by atoms with Crippen LogP contribution in [0.4, 0.5) is 0 Å². The smallest absolute Gasteiger partial charge is 0.320 e. The molecule has 0 unspecified atom stereocenters. The van der Waals surface area contributed by atoms with Crippen LogP contribution in [0.15, 0.2) is 24.3 Å². The highest BCUT2D eigenvalue weighted by molar-refractivity contribution is 6.32. The number of para-hydroxylation sites is 1. The summed E-state index contributed by atoms with van der Waals surface area (Å²) in [6, 6.07) is 7.50. The van der Waals surface area contributed by atoms with Crippen LogP contribution >= 0.6 is 11.6 Å². The Balaban J connectivity index is 1.63. The third-order valence-electron chi connectivity index (χ3n) is 3.62. The number of hydrogen-bond acceptors (Lipinski definition) is 5. The molecule has 0 N–H and O–H groups in total. The number of rotatable bonds is 7. The molecule has 0 spiro atoms. The fraction of sp³-hybridized carbons (Fsp3) is 0.562. The van der Waals surface area contributed by atoms with Gasteiger partial charge >= 0.3 is 5.97 Å². The zero-order chi connectivity index (χ0) is 15.8. The van der Waals surface area contributed by atoms with Crippen molar-refractivity contribution in [2.24, 2.45) is 0 Å². The van der Waals surface area contributed by atoms with Gasteiger partial charge in [-0.2, -0.15) is 0 Å². The van der Waals surface area contributed by atoms with E-state index in [0.29, 0.717) is 24.8 Å². The molecule has 0 atom stereocenters. The second kappa shape index (κ2) is 8.98. The van der Waals surface area contributed by atoms with Gasteiger partial charge in [-0.25, -0.2) is 0 Å². The summed E-state index contributed by atoms with van der Waals surface area (Å²) in [5, 5.41) is 0.641. The zero-order valence-electron chi connectivity index (χ0n) is 13.0. The van der Waals surface area contributed by atoms with E-state index in [9.17, 15) is 4.79 Å². The first-order valence-electron chi connectivity index (χ1n) is 7.66. The van der Waals surface area contributed by atoms with Gasteiger partial charge in [0.25, 0.3) is 0 Å². The summed E-state index contributed by atoms with van der Waals surface area (Å²) in [6.45, 7) is 7.76. The zero-order valence-corrected chi connectivity index (χ0v) is 13.7. The lowest BCUT2D eigenvalue weighted by Gasteiger charge is -2.33. The Morgan fingerprint density at radius 1 is 1.18 bits per heavy atom. The molecule has 0 aromatic heterocycles. The number of esters is 1. The third kappa shape index (κ3) is 5.48. The standard InChI is InChI=1S/C16H23ClN2O3/c1-2-21-16(20)13-19-9-7-18(8-10-19)11-12-22-15-6-4-3-5-14(15)17/h3-6H,2,7-13H2,1H3. The van der Waals surface area contributed by atoms with Crippen LogP contribution in [-0.4, -0.2) is 68.3 Å². The van der Waals surface area contributed by atoms with Crippen molar-refractivity contribution < 1.29 is 14.3 Å². The summed E-state index contributed by atoms with van der Waals surface area (Å²) in [5.74, 6) is 0.586. The van der Waals surface area contributed by atoms with Crippen LogP contribution in [0, 0.1) is 0 Å². The van der Waals surface area contributed by atoms with Crippen LogP contribution < -0.4 is 4.74 Å². The number of hydrogen-bond donors (Lipinski definition) is 0. The van der Waals surface area contributed by atoms with E-state index in [2.05, 4.69) is 9.80 Å². The fourth-order valence-electron chi connectivity index (χ4n) is 2.41. The molecule has 0 aliphatic carbocycles. The van der Waals surface area contributed by atoms with E-state index in [-0.39, 0.29) is 5.97 Å². The average molecular weight is 327 g/mol. The van der Waals surface area contributed by atoms with Crippen molar-refractivity contribution in [1.82, 2.24) is 9.80 Å². The Bertz CT molecular complexity index is 476. The van der Waals surface area contributed by atoms with Gasteiger partial charge in [0.05, 0.1) is 18.2 Å². The predicted molar refractivity (Wildman–Crippen MR) is 86.5 cm³/mol. The maximum atomic E-state index is 11.4. The van der Waals surface area contributed by atoms with Crippen molar-refractivity contribution >= 4 is 17.6 Å². The lowest BCUT2D eigenvalue weighted by Crippen LogP contribution is -2.49. The lowest BCUT2D eigenvalue weighted by atomic mass is 10.3. The molecule has 1 heterocycles. The van der Waals surface area contributed by atoms with Crippen molar-refractivity contribution in [3.05, 3.63) is 29.3 Å². The molecule has 1 saturated heterocycles. The van der Waals surface area contributed by atoms with Crippen molar-refractivity contribution in [3.8, 4) is 5.75 Å². The summed E-state index contributed by atoms with van der Waals surface area (Å²) in [4.78, 5) is 15.9. The minimum atomic E-state index is -0.141. The monoisotopic (exact) mass is 326 g/mol. The molecule has 1 aliphatic rings. The summed E-state index contributed by atoms with van der Waals surface area (Å²) < 4.78 is 10.7. The number of piperazine rings is 1. The summed E-state index contributed by atoms with van der Waals surface area (Å²) in [5.41, 5.74) is 0. The number of carbonyl (C=O) groups excluding carboxylic acids is 1. The largest absolute Gasteiger partial charge is 0.491 e. The molecule has 6 heteroatoms. The number of carbonyl (C=O) groups is 1. The Labute approximate surface area is 136 Å². The first-order valence-corrected chi connectivity index (χ1v) is 8.04. The first-order chi connectivity index (χ1) is 10.7. The van der Waals surface area contributed by atoms with Crippen LogP contribution in [0.5, 0.6) is 5.75 Å². The Morgan fingerprint density at radius 2 is 1.86 bits per heavy atom. The molecule has 2 rings (SSSR count). The third-order valence-corrected chi connectivity index (χ3v) is 3.94. The number of ether oxygens (including phenoxy) is 2. The molecule has 0 amide bonds. The number of benzene rings is 1. The van der Waals surface area contributed by atoms with Gasteiger partial charge in [-0.1, -0.05) is 23.7 Å². The van der Waals surface area contributed by atoms with Gasteiger partial charge in [0, 0.05) is 32.7 Å². The van der Waals surface area contributed by atoms with E-state index in [1.54, 1.807) is 0 Å². The molecule has 5 nitrogen and oxygen atoms in total. The van der Waals surface area contributed by atoms with E-state index in [1.807, 2.05) is 31.2 Å². The highest BCUT2D eigenvalue weighted by Crippen LogP contribution is 2.22. The van der Waals surface area contributed by atoms with Crippen molar-refractivity contribution in [3.63, 3.8) is 0 Å². The molecule has 0 saturated carbocycles. The highest BCUT2D eigenvalue weighted by Gasteiger charge is 2.19. The summed E-state index contributed by atoms with van der Waals surface area (Å²) in [6.07, 6.45) is 0. The minimum absolute atomic E-state index is 0.141. The highest BCUT2D eigenvalue weighted by atomic mass is 35.5. The molecule has 0 bridgehead atoms. The molecule has 0 radical (unpaired) electrons. The molecular formula is C16H23ClN2O3. The van der Waals surface area contributed by atoms with Crippen LogP contribution in [-0.2, 0) is 9.53 Å². The number of nitrogens with zero attached hydrogens (tertiary/aromatic N) is 2. The predicted octanol–water partition coefficient (Wildman–Crippen LogP) is 1.90. The van der Waals surface area contributed by atoms with Gasteiger partial charge < -0.3 is 9.47 Å². The molecular weight excluding hydrogens is 304 g/mol. The fourth-order valence-corrected chi connectivity index (χ4v) is 2.60. The van der Waals surface area contributed by atoms with Crippen LogP contribution in [0.2, 0.25) is 5.02 Å². The van der Waals surface area contributed by atoms with Gasteiger partial charge in [0.2, 0.25) is 0 Å². The molecule has 122 valence electrons. The maximum Gasteiger partial charge on any atom is 0.320 e. The van der Waals surface area contributed by atoms with Crippen LogP contribution in [0.3, 0.4) is 0 Å². The Morgan fingerprint density at radius 3 is 2.55 bits per heavy atom. The lowest BCUT2D eigenvalue weighted by molar-refractivity contribution is -0.144. The number of halogens is 1. The minimum Gasteiger partial charge on any atom is -0.491 e. The van der Waals surface area contributed by atoms with Gasteiger partial charge in [-0.05, 0) is 19.1 Å². The van der Waals surface area contributed by atoms with Crippen LogP contribution in [0.1, 0.15) is 6.92 Å². The van der Waals surface area contributed by atoms with E-state index < -0.39 is 0 Å². The second-order valence-electron chi connectivity index (χ2n) is 5.20. The van der Waals surface area contributed by atoms with E-state index >= 15 is 0 Å². The van der Waals surface area contributed by atoms with Crippen molar-refractivity contribution in [2.75, 3.05) is 52.5 Å². The molecule has 22 heavy (non-hydrogen) atoms. The van der Waals surface area contributed by atoms with Gasteiger partial charge in [0.15, 0.2) is 0 Å². The van der Waals surface area contributed by atoms with Gasteiger partial charge in [0.1, 0.15) is 12.4 Å². The topological polar surface area (TPSA) is 42.0 Å². The first kappa shape index (κ1) is 17.1. The summed E-state index contributed by atoms with van der Waals surface area (Å²) in [7, 11) is 0. The molecule has 1 aliphatic heterocycles. The molecule has 1 fully saturated rings. The second-order valence-corrected chi connectivity index (χ2v) is 5.61. The van der Waals surface area contributed by atoms with Crippen molar-refractivity contribution in [2.45, 2.75) is 6.92 Å². The van der Waals surface area contributed by atoms with Gasteiger partial charge in [-0.3, -0.25) is 14.6 Å². The maximum absolute atomic E-state index is 11.4. The van der Waals surface area contributed by atoms with E-state index in [1.165, 1.54) is 0 Å². The van der Waals surface area contributed by atoms with Gasteiger partial charge in [-0.15, -0.1) is 0 Å². The summed E-state index contributed by atoms with van der Waals surface area (Å²) >= 11 is 6.05. The Hall–Kier alpha value is -1.30. The SMILES string of the molecule is CCOC(=O)CN1CCN(CCOc2ccccc2Cl)CC1. The molecule has 1 aromatic carbocycles. The normalized spacial score (nSPS) is 16.5. The Kier molecular flexibility index (Phi) is 6.96. The van der Waals surface area contributed by atoms with E-state index in [4.69, 9.17) is 21.1 Å². The van der Waals surface area contributed by atoms with Crippen LogP contribution in [0.25, 0.3) is 0 Å². The quantitative estimate of drug-likeness (QED) is 0.716. The average Bonchev–Trinajstić information content (AvgIpc) is 2.51.